The summed E-state index contributed by atoms with van der Waals surface area (Å²) in [6.07, 6.45) is 0.300. The second-order valence-electron chi connectivity index (χ2n) is 6.98. The Kier molecular flexibility index (Phi) is 7.40. The fourth-order valence-corrected chi connectivity index (χ4v) is 3.21. The number of hydrogen-bond donors (Lipinski definition) is 2. The second-order valence-corrected chi connectivity index (χ2v) is 6.98. The number of benzene rings is 1. The molecule has 1 aromatic rings. The lowest BCUT2D eigenvalue weighted by molar-refractivity contribution is -0.135. The molecule has 1 saturated heterocycles. The van der Waals surface area contributed by atoms with Crippen LogP contribution in [0.15, 0.2) is 30.3 Å². The van der Waals surface area contributed by atoms with Crippen molar-refractivity contribution in [2.75, 3.05) is 26.2 Å². The number of rotatable bonds is 8. The van der Waals surface area contributed by atoms with Gasteiger partial charge >= 0.3 is 0 Å². The van der Waals surface area contributed by atoms with Gasteiger partial charge in [0.15, 0.2) is 0 Å². The van der Waals surface area contributed by atoms with Gasteiger partial charge in [-0.2, -0.15) is 0 Å². The molecule has 3 N–H and O–H groups in total. The molecule has 1 fully saturated rings. The van der Waals surface area contributed by atoms with E-state index in [0.717, 1.165) is 26.2 Å². The van der Waals surface area contributed by atoms with Gasteiger partial charge in [-0.1, -0.05) is 30.3 Å². The number of carbonyl (C=O) groups is 2. The molecule has 2 amide bonds. The molecule has 0 spiro atoms. The smallest absolute Gasteiger partial charge is 0.223 e. The van der Waals surface area contributed by atoms with Crippen LogP contribution in [-0.4, -0.2) is 59.9 Å². The summed E-state index contributed by atoms with van der Waals surface area (Å²) < 4.78 is 0. The average Bonchev–Trinajstić information content (AvgIpc) is 2.58. The lowest BCUT2D eigenvalue weighted by Crippen LogP contribution is -2.56. The number of nitrogens with two attached hydrogens (primary N) is 1. The lowest BCUT2D eigenvalue weighted by atomic mass is 10.1. The molecule has 6 heteroatoms. The van der Waals surface area contributed by atoms with E-state index in [1.54, 1.807) is 0 Å². The summed E-state index contributed by atoms with van der Waals surface area (Å²) in [6.45, 7) is 8.42. The minimum absolute atomic E-state index is 0.00390. The van der Waals surface area contributed by atoms with Crippen LogP contribution in [0.1, 0.15) is 32.3 Å². The fourth-order valence-electron chi connectivity index (χ4n) is 3.21. The van der Waals surface area contributed by atoms with E-state index in [9.17, 15) is 9.59 Å². The number of piperazine rings is 1. The van der Waals surface area contributed by atoms with Crippen LogP contribution in [0, 0.1) is 0 Å². The van der Waals surface area contributed by atoms with E-state index in [1.165, 1.54) is 5.56 Å². The fraction of sp³-hybridized carbons (Fsp3) is 0.579. The summed E-state index contributed by atoms with van der Waals surface area (Å²) in [5.41, 5.74) is 6.47. The van der Waals surface area contributed by atoms with Gasteiger partial charge in [-0.3, -0.25) is 14.5 Å². The van der Waals surface area contributed by atoms with Gasteiger partial charge in [0, 0.05) is 57.6 Å². The number of nitrogens with one attached hydrogen (secondary N) is 1. The first-order valence-electron chi connectivity index (χ1n) is 9.03. The molecule has 138 valence electrons. The third kappa shape index (κ3) is 6.48. The van der Waals surface area contributed by atoms with Crippen molar-refractivity contribution in [3.8, 4) is 0 Å². The average molecular weight is 346 g/mol. The first-order valence-corrected chi connectivity index (χ1v) is 9.03. The molecular weight excluding hydrogens is 316 g/mol. The highest BCUT2D eigenvalue weighted by Gasteiger charge is 2.25. The molecule has 1 atom stereocenters. The molecule has 25 heavy (non-hydrogen) atoms. The van der Waals surface area contributed by atoms with Crippen molar-refractivity contribution >= 4 is 11.8 Å². The minimum atomic E-state index is -0.429. The van der Waals surface area contributed by atoms with Crippen molar-refractivity contribution < 1.29 is 9.59 Å². The van der Waals surface area contributed by atoms with E-state index in [1.807, 2.05) is 24.8 Å². The quantitative estimate of drug-likeness (QED) is 0.735. The highest BCUT2D eigenvalue weighted by atomic mass is 16.2. The van der Waals surface area contributed by atoms with Crippen LogP contribution >= 0.6 is 0 Å². The maximum Gasteiger partial charge on any atom is 0.223 e. The molecule has 0 radical (unpaired) electrons. The number of carbonyl (C=O) groups excluding carboxylic acids is 2. The Hall–Kier alpha value is -1.92. The predicted molar refractivity (Wildman–Crippen MR) is 98.8 cm³/mol. The normalized spacial score (nSPS) is 18.3. The monoisotopic (exact) mass is 346 g/mol. The van der Waals surface area contributed by atoms with Gasteiger partial charge in [0.05, 0.1) is 0 Å². The molecule has 1 aromatic carbocycles. The van der Waals surface area contributed by atoms with Crippen molar-refractivity contribution in [3.05, 3.63) is 35.9 Å². The van der Waals surface area contributed by atoms with Gasteiger partial charge in [0.2, 0.25) is 11.8 Å². The molecule has 0 aliphatic carbocycles. The molecule has 1 aliphatic rings. The summed E-state index contributed by atoms with van der Waals surface area (Å²) in [5.74, 6) is -0.433. The summed E-state index contributed by atoms with van der Waals surface area (Å²) in [4.78, 5) is 27.6. The van der Waals surface area contributed by atoms with Crippen LogP contribution in [-0.2, 0) is 16.1 Å². The maximum atomic E-state index is 12.4. The van der Waals surface area contributed by atoms with E-state index in [-0.39, 0.29) is 30.8 Å². The molecule has 1 aliphatic heterocycles. The largest absolute Gasteiger partial charge is 0.370 e. The molecule has 0 bridgehead atoms. The van der Waals surface area contributed by atoms with Crippen LogP contribution in [0.3, 0.4) is 0 Å². The van der Waals surface area contributed by atoms with Crippen molar-refractivity contribution in [3.63, 3.8) is 0 Å². The number of amides is 2. The Morgan fingerprint density at radius 3 is 2.64 bits per heavy atom. The van der Waals surface area contributed by atoms with E-state index >= 15 is 0 Å². The molecule has 1 heterocycles. The number of hydrogen-bond acceptors (Lipinski definition) is 4. The third-order valence-corrected chi connectivity index (χ3v) is 4.53. The first-order chi connectivity index (χ1) is 12.0. The molecule has 0 unspecified atom stereocenters. The Balaban J connectivity index is 1.90. The highest BCUT2D eigenvalue weighted by molar-refractivity contribution is 5.83. The Labute approximate surface area is 150 Å². The maximum absolute atomic E-state index is 12.4. The van der Waals surface area contributed by atoms with Crippen LogP contribution in [0.25, 0.3) is 0 Å². The zero-order valence-electron chi connectivity index (χ0n) is 15.3. The van der Waals surface area contributed by atoms with Crippen molar-refractivity contribution in [1.82, 2.24) is 15.1 Å². The topological polar surface area (TPSA) is 78.7 Å². The minimum Gasteiger partial charge on any atom is -0.370 e. The molecular formula is C19H30N4O2. The van der Waals surface area contributed by atoms with Gasteiger partial charge < -0.3 is 16.0 Å². The van der Waals surface area contributed by atoms with Gasteiger partial charge in [-0.05, 0) is 19.4 Å². The van der Waals surface area contributed by atoms with E-state index in [2.05, 4.69) is 34.5 Å². The summed E-state index contributed by atoms with van der Waals surface area (Å²) in [7, 11) is 0. The van der Waals surface area contributed by atoms with E-state index < -0.39 is 5.91 Å². The van der Waals surface area contributed by atoms with E-state index in [0.29, 0.717) is 6.54 Å². The van der Waals surface area contributed by atoms with E-state index in [4.69, 9.17) is 5.73 Å². The molecule has 6 nitrogen and oxygen atoms in total. The molecule has 0 aromatic heterocycles. The second kappa shape index (κ2) is 9.53. The molecule has 2 rings (SSSR count). The number of nitrogens with zero attached hydrogens (tertiary/aromatic N) is 2. The van der Waals surface area contributed by atoms with Crippen LogP contribution < -0.4 is 11.1 Å². The zero-order chi connectivity index (χ0) is 18.2. The summed E-state index contributed by atoms with van der Waals surface area (Å²) in [6, 6.07) is 10.8. The number of primary amides is 1. The van der Waals surface area contributed by atoms with Crippen molar-refractivity contribution in [2.45, 2.75) is 45.3 Å². The Bertz CT molecular complexity index is 562. The Morgan fingerprint density at radius 2 is 2.00 bits per heavy atom. The van der Waals surface area contributed by atoms with Gasteiger partial charge in [0.25, 0.3) is 0 Å². The van der Waals surface area contributed by atoms with Crippen LogP contribution in [0.5, 0.6) is 0 Å². The van der Waals surface area contributed by atoms with Crippen molar-refractivity contribution in [2.24, 2.45) is 5.73 Å². The zero-order valence-corrected chi connectivity index (χ0v) is 15.3. The standard InChI is InChI=1S/C19H30N4O2/c1-15(2)23(19(25)9-8-18(20)24)14-17-13-22(11-10-21-17)12-16-6-4-3-5-7-16/h3-7,15,17,21H,8-14H2,1-2H3,(H2,20,24)/t17-/m0/s1. The highest BCUT2D eigenvalue weighted by Crippen LogP contribution is 2.11. The Morgan fingerprint density at radius 1 is 1.28 bits per heavy atom. The first kappa shape index (κ1) is 19.4. The van der Waals surface area contributed by atoms with Crippen LogP contribution in [0.4, 0.5) is 0 Å². The predicted octanol–water partition coefficient (Wildman–Crippen LogP) is 0.963. The van der Waals surface area contributed by atoms with Gasteiger partial charge in [-0.15, -0.1) is 0 Å². The summed E-state index contributed by atoms with van der Waals surface area (Å²) in [5, 5.41) is 3.51. The summed E-state index contributed by atoms with van der Waals surface area (Å²) >= 11 is 0. The van der Waals surface area contributed by atoms with Crippen LogP contribution in [0.2, 0.25) is 0 Å². The lowest BCUT2D eigenvalue weighted by Gasteiger charge is -2.38. The third-order valence-electron chi connectivity index (χ3n) is 4.53. The molecule has 0 saturated carbocycles. The SMILES string of the molecule is CC(C)N(C[C@@H]1CN(Cc2ccccc2)CCN1)C(=O)CCC(N)=O. The van der Waals surface area contributed by atoms with Gasteiger partial charge in [0.1, 0.15) is 0 Å². The van der Waals surface area contributed by atoms with Crippen molar-refractivity contribution in [1.29, 1.82) is 0 Å². The van der Waals surface area contributed by atoms with Gasteiger partial charge in [-0.25, -0.2) is 0 Å².